The van der Waals surface area contributed by atoms with Gasteiger partial charge in [-0.15, -0.1) is 0 Å². The average Bonchev–Trinajstić information content (AvgIpc) is 2.49. The van der Waals surface area contributed by atoms with Crippen LogP contribution >= 0.6 is 0 Å². The van der Waals surface area contributed by atoms with E-state index in [0.29, 0.717) is 5.92 Å². The summed E-state index contributed by atoms with van der Waals surface area (Å²) >= 11 is 0. The molecule has 0 aromatic heterocycles. The van der Waals surface area contributed by atoms with Crippen molar-refractivity contribution in [3.05, 3.63) is 23.8 Å². The first-order valence-electron chi connectivity index (χ1n) is 8.21. The minimum absolute atomic E-state index is 0.115. The second kappa shape index (κ2) is 6.40. The summed E-state index contributed by atoms with van der Waals surface area (Å²) in [7, 11) is 1.67. The number of hydrogen-bond donors (Lipinski definition) is 2. The Bertz CT molecular complexity index is 584. The number of para-hydroxylation sites is 1. The number of hydrazine groups is 1. The van der Waals surface area contributed by atoms with Crippen molar-refractivity contribution < 1.29 is 9.53 Å². The van der Waals surface area contributed by atoms with E-state index in [1.54, 1.807) is 7.11 Å². The molecule has 5 heteroatoms. The fraction of sp³-hybridized carbons (Fsp3) is 0.611. The van der Waals surface area contributed by atoms with Crippen LogP contribution in [0.5, 0.6) is 5.75 Å². The van der Waals surface area contributed by atoms with Gasteiger partial charge in [-0.05, 0) is 43.7 Å². The van der Waals surface area contributed by atoms with Gasteiger partial charge in [0.2, 0.25) is 0 Å². The zero-order valence-electron chi connectivity index (χ0n) is 15.0. The highest BCUT2D eigenvalue weighted by molar-refractivity contribution is 5.87. The summed E-state index contributed by atoms with van der Waals surface area (Å²) < 4.78 is 5.62. The Morgan fingerprint density at radius 2 is 2.09 bits per heavy atom. The third kappa shape index (κ3) is 3.02. The van der Waals surface area contributed by atoms with Crippen molar-refractivity contribution in [1.82, 2.24) is 5.43 Å². The molecule has 1 heterocycles. The van der Waals surface area contributed by atoms with Crippen LogP contribution in [0.3, 0.4) is 0 Å². The maximum absolute atomic E-state index is 12.5. The number of nitrogens with zero attached hydrogens (tertiary/aromatic N) is 1. The van der Waals surface area contributed by atoms with Gasteiger partial charge in [0.25, 0.3) is 5.91 Å². The number of hydrogen-bond acceptors (Lipinski definition) is 4. The Labute approximate surface area is 139 Å². The van der Waals surface area contributed by atoms with Crippen LogP contribution in [0.15, 0.2) is 18.2 Å². The van der Waals surface area contributed by atoms with Crippen molar-refractivity contribution in [2.75, 3.05) is 12.0 Å². The number of nitrogens with two attached hydrogens (primary N) is 1. The van der Waals surface area contributed by atoms with E-state index < -0.39 is 0 Å². The van der Waals surface area contributed by atoms with Crippen LogP contribution in [0.1, 0.15) is 52.5 Å². The Kier molecular flexibility index (Phi) is 4.90. The van der Waals surface area contributed by atoms with Crippen molar-refractivity contribution in [2.45, 2.75) is 58.5 Å². The van der Waals surface area contributed by atoms with Crippen molar-refractivity contribution in [3.8, 4) is 5.75 Å². The lowest BCUT2D eigenvalue weighted by Gasteiger charge is -2.51. The van der Waals surface area contributed by atoms with Gasteiger partial charge in [-0.1, -0.05) is 32.9 Å². The Balaban J connectivity index is 2.70. The zero-order valence-corrected chi connectivity index (χ0v) is 15.0. The van der Waals surface area contributed by atoms with Gasteiger partial charge in [-0.2, -0.15) is 0 Å². The molecule has 2 rings (SSSR count). The standard InChI is InChI=1S/C18H29N3O2/c1-11(2)15(17(22)20-19)21-16-13(8-7-9-14(16)23-6)12(3)10-18(21,4)5/h7-9,11-12,15H,10,19H2,1-6H3,(H,20,22)/t12-,15+/m0/s1. The molecule has 0 saturated heterocycles. The minimum atomic E-state index is -0.349. The van der Waals surface area contributed by atoms with Crippen LogP contribution in [-0.4, -0.2) is 24.6 Å². The summed E-state index contributed by atoms with van der Waals surface area (Å²) in [6, 6.07) is 5.75. The lowest BCUT2D eigenvalue weighted by Crippen LogP contribution is -2.61. The van der Waals surface area contributed by atoms with E-state index in [2.05, 4.69) is 37.2 Å². The lowest BCUT2D eigenvalue weighted by atomic mass is 9.77. The van der Waals surface area contributed by atoms with E-state index in [-0.39, 0.29) is 23.4 Å². The molecule has 0 radical (unpaired) electrons. The van der Waals surface area contributed by atoms with Crippen molar-refractivity contribution >= 4 is 11.6 Å². The van der Waals surface area contributed by atoms with Crippen LogP contribution in [0.2, 0.25) is 0 Å². The van der Waals surface area contributed by atoms with E-state index in [4.69, 9.17) is 10.6 Å². The number of carbonyl (C=O) groups is 1. The molecule has 1 aromatic carbocycles. The van der Waals surface area contributed by atoms with Crippen molar-refractivity contribution in [1.29, 1.82) is 0 Å². The molecule has 0 bridgehead atoms. The number of benzene rings is 1. The molecule has 128 valence electrons. The van der Waals surface area contributed by atoms with Crippen LogP contribution < -0.4 is 20.9 Å². The molecule has 0 spiro atoms. The molecule has 1 aliphatic heterocycles. The molecule has 2 atom stereocenters. The van der Waals surface area contributed by atoms with E-state index in [9.17, 15) is 4.79 Å². The molecule has 1 amide bonds. The molecule has 0 unspecified atom stereocenters. The monoisotopic (exact) mass is 319 g/mol. The molecule has 0 fully saturated rings. The molecular weight excluding hydrogens is 290 g/mol. The van der Waals surface area contributed by atoms with E-state index >= 15 is 0 Å². The zero-order chi connectivity index (χ0) is 17.4. The fourth-order valence-electron chi connectivity index (χ4n) is 3.94. The van der Waals surface area contributed by atoms with Crippen LogP contribution in [0.25, 0.3) is 0 Å². The Hall–Kier alpha value is -1.75. The number of amides is 1. The largest absolute Gasteiger partial charge is 0.495 e. The van der Waals surface area contributed by atoms with E-state index in [1.807, 2.05) is 26.0 Å². The third-order valence-electron chi connectivity index (χ3n) is 4.80. The number of rotatable bonds is 4. The number of methoxy groups -OCH3 is 1. The maximum atomic E-state index is 12.5. The van der Waals surface area contributed by atoms with Gasteiger partial charge in [0.05, 0.1) is 12.8 Å². The molecule has 0 aliphatic carbocycles. The molecule has 5 nitrogen and oxygen atoms in total. The van der Waals surface area contributed by atoms with Crippen LogP contribution in [-0.2, 0) is 4.79 Å². The highest BCUT2D eigenvalue weighted by Crippen LogP contribution is 2.49. The molecule has 3 N–H and O–H groups in total. The van der Waals surface area contributed by atoms with Crippen LogP contribution in [0.4, 0.5) is 5.69 Å². The number of anilines is 1. The first-order chi connectivity index (χ1) is 10.7. The molecule has 1 aromatic rings. The molecule has 1 aliphatic rings. The van der Waals surface area contributed by atoms with Gasteiger partial charge in [0, 0.05) is 5.54 Å². The first-order valence-corrected chi connectivity index (χ1v) is 8.21. The van der Waals surface area contributed by atoms with Gasteiger partial charge in [-0.25, -0.2) is 5.84 Å². The smallest absolute Gasteiger partial charge is 0.256 e. The number of fused-ring (bicyclic) bond motifs is 1. The predicted octanol–water partition coefficient (Wildman–Crippen LogP) is 2.80. The summed E-state index contributed by atoms with van der Waals surface area (Å²) in [5.41, 5.74) is 4.40. The predicted molar refractivity (Wildman–Crippen MR) is 93.5 cm³/mol. The van der Waals surface area contributed by atoms with Gasteiger partial charge in [0.15, 0.2) is 0 Å². The fourth-order valence-corrected chi connectivity index (χ4v) is 3.94. The average molecular weight is 319 g/mol. The maximum Gasteiger partial charge on any atom is 0.256 e. The van der Waals surface area contributed by atoms with Gasteiger partial charge in [-0.3, -0.25) is 10.2 Å². The lowest BCUT2D eigenvalue weighted by molar-refractivity contribution is -0.123. The Morgan fingerprint density at radius 3 is 2.61 bits per heavy atom. The number of carbonyl (C=O) groups excluding carboxylic acids is 1. The Morgan fingerprint density at radius 1 is 1.43 bits per heavy atom. The molecular formula is C18H29N3O2. The van der Waals surface area contributed by atoms with E-state index in [0.717, 1.165) is 17.9 Å². The first kappa shape index (κ1) is 17.6. The van der Waals surface area contributed by atoms with Gasteiger partial charge >= 0.3 is 0 Å². The summed E-state index contributed by atoms with van der Waals surface area (Å²) in [6.07, 6.45) is 0.967. The summed E-state index contributed by atoms with van der Waals surface area (Å²) in [5, 5.41) is 0. The number of nitrogens with one attached hydrogen (secondary N) is 1. The van der Waals surface area contributed by atoms with Crippen molar-refractivity contribution in [3.63, 3.8) is 0 Å². The highest BCUT2D eigenvalue weighted by atomic mass is 16.5. The van der Waals surface area contributed by atoms with E-state index in [1.165, 1.54) is 5.56 Å². The normalized spacial score (nSPS) is 20.9. The second-order valence-corrected chi connectivity index (χ2v) is 7.38. The quantitative estimate of drug-likeness (QED) is 0.509. The second-order valence-electron chi connectivity index (χ2n) is 7.38. The molecule has 23 heavy (non-hydrogen) atoms. The van der Waals surface area contributed by atoms with Gasteiger partial charge in [0.1, 0.15) is 11.8 Å². The number of ether oxygens (including phenoxy) is 1. The minimum Gasteiger partial charge on any atom is -0.495 e. The summed E-state index contributed by atoms with van der Waals surface area (Å²) in [5.74, 6) is 6.62. The van der Waals surface area contributed by atoms with Gasteiger partial charge < -0.3 is 9.64 Å². The third-order valence-corrected chi connectivity index (χ3v) is 4.80. The molecule has 0 saturated carbocycles. The summed E-state index contributed by atoms with van der Waals surface area (Å²) in [6.45, 7) is 10.7. The van der Waals surface area contributed by atoms with Crippen molar-refractivity contribution in [2.24, 2.45) is 11.8 Å². The topological polar surface area (TPSA) is 67.6 Å². The van der Waals surface area contributed by atoms with Crippen LogP contribution in [0, 0.1) is 5.92 Å². The highest BCUT2D eigenvalue weighted by Gasteiger charge is 2.44. The SMILES string of the molecule is COc1cccc2c1N([C@@H](C(=O)NN)C(C)C)C(C)(C)C[C@@H]2C. The summed E-state index contributed by atoms with van der Waals surface area (Å²) in [4.78, 5) is 14.7.